The van der Waals surface area contributed by atoms with Crippen LogP contribution in [0.5, 0.6) is 0 Å². The van der Waals surface area contributed by atoms with E-state index in [1.807, 2.05) is 48.5 Å². The molecule has 1 unspecified atom stereocenters. The normalized spacial score (nSPS) is 11.6. The number of ether oxygens (including phenoxy) is 1. The first-order valence-electron chi connectivity index (χ1n) is 9.35. The number of esters is 1. The fourth-order valence-corrected chi connectivity index (χ4v) is 3.74. The molecule has 0 aliphatic heterocycles. The number of benzene rings is 3. The third-order valence-corrected chi connectivity index (χ3v) is 5.43. The Hall–Kier alpha value is -2.78. The Morgan fingerprint density at radius 3 is 2.18 bits per heavy atom. The lowest BCUT2D eigenvalue weighted by molar-refractivity contribution is -0.148. The van der Waals surface area contributed by atoms with E-state index in [4.69, 9.17) is 4.74 Å². The highest BCUT2D eigenvalue weighted by molar-refractivity contribution is 7.98. The van der Waals surface area contributed by atoms with Crippen molar-refractivity contribution >= 4 is 17.7 Å². The van der Waals surface area contributed by atoms with Gasteiger partial charge in [0.15, 0.2) is 0 Å². The van der Waals surface area contributed by atoms with Gasteiger partial charge in [-0.05, 0) is 28.8 Å². The summed E-state index contributed by atoms with van der Waals surface area (Å²) < 4.78 is 5.70. The van der Waals surface area contributed by atoms with Gasteiger partial charge in [0, 0.05) is 17.1 Å². The van der Waals surface area contributed by atoms with Gasteiger partial charge in [0.25, 0.3) is 0 Å². The number of hydrogen-bond acceptors (Lipinski definition) is 3. The molecule has 0 heterocycles. The Bertz CT molecular complexity index is 873. The second kappa shape index (κ2) is 10.5. The molecule has 0 saturated heterocycles. The van der Waals surface area contributed by atoms with E-state index in [1.165, 1.54) is 10.5 Å². The van der Waals surface area contributed by atoms with E-state index in [0.717, 1.165) is 16.9 Å². The molecule has 0 radical (unpaired) electrons. The molecule has 0 aromatic heterocycles. The minimum Gasteiger partial charge on any atom is -0.457 e. The summed E-state index contributed by atoms with van der Waals surface area (Å²) in [6.45, 7) is 3.77. The zero-order valence-electron chi connectivity index (χ0n) is 15.8. The quantitative estimate of drug-likeness (QED) is 0.242. The van der Waals surface area contributed by atoms with Crippen molar-refractivity contribution in [3.63, 3.8) is 0 Å². The van der Waals surface area contributed by atoms with Crippen molar-refractivity contribution in [2.45, 2.75) is 29.6 Å². The van der Waals surface area contributed by atoms with Gasteiger partial charge in [0.2, 0.25) is 0 Å². The van der Waals surface area contributed by atoms with Gasteiger partial charge in [-0.3, -0.25) is 4.79 Å². The van der Waals surface area contributed by atoms with Crippen molar-refractivity contribution in [2.75, 3.05) is 0 Å². The molecule has 3 heteroatoms. The Morgan fingerprint density at radius 2 is 1.54 bits per heavy atom. The van der Waals surface area contributed by atoms with Crippen molar-refractivity contribution in [2.24, 2.45) is 0 Å². The Kier molecular flexibility index (Phi) is 7.51. The average Bonchev–Trinajstić information content (AvgIpc) is 2.74. The van der Waals surface area contributed by atoms with Crippen LogP contribution in [0, 0.1) is 0 Å². The zero-order chi connectivity index (χ0) is 19.6. The third-order valence-electron chi connectivity index (χ3n) is 4.35. The van der Waals surface area contributed by atoms with Crippen LogP contribution in [0.3, 0.4) is 0 Å². The lowest BCUT2D eigenvalue weighted by Gasteiger charge is -2.17. The van der Waals surface area contributed by atoms with E-state index >= 15 is 0 Å². The fourth-order valence-electron chi connectivity index (χ4n) is 2.88. The van der Waals surface area contributed by atoms with Crippen molar-refractivity contribution in [1.82, 2.24) is 0 Å². The summed E-state index contributed by atoms with van der Waals surface area (Å²) in [7, 11) is 0. The van der Waals surface area contributed by atoms with E-state index in [-0.39, 0.29) is 18.5 Å². The molecule has 0 N–H and O–H groups in total. The number of thioether (sulfide) groups is 1. The number of carbonyl (C=O) groups is 1. The largest absolute Gasteiger partial charge is 0.457 e. The first-order valence-corrected chi connectivity index (χ1v) is 10.3. The molecule has 0 spiro atoms. The molecule has 0 saturated carbocycles. The van der Waals surface area contributed by atoms with E-state index in [2.05, 4.69) is 43.0 Å². The van der Waals surface area contributed by atoms with Crippen LogP contribution in [0.15, 0.2) is 102 Å². The predicted molar refractivity (Wildman–Crippen MR) is 116 cm³/mol. The summed E-state index contributed by atoms with van der Waals surface area (Å²) in [6, 6.07) is 28.3. The van der Waals surface area contributed by atoms with E-state index in [1.54, 1.807) is 17.8 Å². The van der Waals surface area contributed by atoms with E-state index in [9.17, 15) is 4.79 Å². The number of rotatable bonds is 9. The summed E-state index contributed by atoms with van der Waals surface area (Å²) in [5.74, 6) is 0.711. The number of hydrogen-bond donors (Lipinski definition) is 0. The summed E-state index contributed by atoms with van der Waals surface area (Å²) in [5.41, 5.74) is 3.25. The highest BCUT2D eigenvalue weighted by Gasteiger charge is 2.15. The van der Waals surface area contributed by atoms with Gasteiger partial charge in [-0.25, -0.2) is 0 Å². The van der Waals surface area contributed by atoms with Crippen molar-refractivity contribution in [3.8, 4) is 0 Å². The van der Waals surface area contributed by atoms with Crippen LogP contribution in [0.1, 0.15) is 29.2 Å². The van der Waals surface area contributed by atoms with Gasteiger partial charge in [0.1, 0.15) is 6.10 Å². The predicted octanol–water partition coefficient (Wildman–Crippen LogP) is 6.38. The second-order valence-electron chi connectivity index (χ2n) is 6.51. The van der Waals surface area contributed by atoms with Crippen LogP contribution in [-0.2, 0) is 21.7 Å². The van der Waals surface area contributed by atoms with E-state index in [0.29, 0.717) is 6.42 Å². The standard InChI is InChI=1S/C25H24O2S/c1-2-9-24(22-12-7-4-8-13-22)27-25(26)18-20-14-16-23(17-15-20)28-19-21-10-5-3-6-11-21/h2-8,10-17,24H,1,9,18-19H2. The summed E-state index contributed by atoms with van der Waals surface area (Å²) in [5, 5.41) is 0. The maximum atomic E-state index is 12.4. The zero-order valence-corrected chi connectivity index (χ0v) is 16.6. The monoisotopic (exact) mass is 388 g/mol. The molecule has 3 rings (SSSR count). The highest BCUT2D eigenvalue weighted by atomic mass is 32.2. The molecule has 0 bridgehead atoms. The molecule has 0 aliphatic rings. The molecule has 0 amide bonds. The van der Waals surface area contributed by atoms with Gasteiger partial charge in [-0.1, -0.05) is 78.9 Å². The molecular formula is C25H24O2S. The first kappa shape index (κ1) is 20.0. The van der Waals surface area contributed by atoms with Crippen LogP contribution in [-0.4, -0.2) is 5.97 Å². The van der Waals surface area contributed by atoms with Crippen LogP contribution in [0.25, 0.3) is 0 Å². The molecule has 142 valence electrons. The van der Waals surface area contributed by atoms with Crippen LogP contribution < -0.4 is 0 Å². The summed E-state index contributed by atoms with van der Waals surface area (Å²) in [4.78, 5) is 13.6. The van der Waals surface area contributed by atoms with Gasteiger partial charge >= 0.3 is 5.97 Å². The van der Waals surface area contributed by atoms with Gasteiger partial charge < -0.3 is 4.74 Å². The Labute approximate surface area is 171 Å². The smallest absolute Gasteiger partial charge is 0.310 e. The molecule has 3 aromatic rings. The molecule has 0 aliphatic carbocycles. The summed E-state index contributed by atoms with van der Waals surface area (Å²) >= 11 is 1.79. The van der Waals surface area contributed by atoms with Crippen molar-refractivity contribution in [1.29, 1.82) is 0 Å². The number of carbonyl (C=O) groups excluding carboxylic acids is 1. The highest BCUT2D eigenvalue weighted by Crippen LogP contribution is 2.24. The second-order valence-corrected chi connectivity index (χ2v) is 7.56. The maximum Gasteiger partial charge on any atom is 0.310 e. The minimum absolute atomic E-state index is 0.222. The molecule has 28 heavy (non-hydrogen) atoms. The van der Waals surface area contributed by atoms with Crippen molar-refractivity contribution < 1.29 is 9.53 Å². The minimum atomic E-state index is -0.285. The molecule has 2 nitrogen and oxygen atoms in total. The van der Waals surface area contributed by atoms with Gasteiger partial charge in [-0.15, -0.1) is 18.3 Å². The molecule has 1 atom stereocenters. The lowest BCUT2D eigenvalue weighted by Crippen LogP contribution is -2.13. The SMILES string of the molecule is C=CCC(OC(=O)Cc1ccc(SCc2ccccc2)cc1)c1ccccc1. The topological polar surface area (TPSA) is 26.3 Å². The molecule has 0 fully saturated rings. The van der Waals surface area contributed by atoms with Gasteiger partial charge in [-0.2, -0.15) is 0 Å². The fraction of sp³-hybridized carbons (Fsp3) is 0.160. The molecule has 3 aromatic carbocycles. The van der Waals surface area contributed by atoms with Crippen LogP contribution in [0.4, 0.5) is 0 Å². The lowest BCUT2D eigenvalue weighted by atomic mass is 10.1. The first-order chi connectivity index (χ1) is 13.7. The van der Waals surface area contributed by atoms with Gasteiger partial charge in [0.05, 0.1) is 6.42 Å². The third kappa shape index (κ3) is 6.14. The Balaban J connectivity index is 1.54. The Morgan fingerprint density at radius 1 is 0.893 bits per heavy atom. The van der Waals surface area contributed by atoms with Crippen molar-refractivity contribution in [3.05, 3.63) is 114 Å². The van der Waals surface area contributed by atoms with Crippen LogP contribution in [0.2, 0.25) is 0 Å². The van der Waals surface area contributed by atoms with Crippen LogP contribution >= 0.6 is 11.8 Å². The average molecular weight is 389 g/mol. The summed E-state index contributed by atoms with van der Waals surface area (Å²) in [6.07, 6.45) is 2.37. The molecular weight excluding hydrogens is 364 g/mol. The van der Waals surface area contributed by atoms with E-state index < -0.39 is 0 Å². The maximum absolute atomic E-state index is 12.4.